The van der Waals surface area contributed by atoms with Gasteiger partial charge in [0, 0.05) is 6.04 Å². The van der Waals surface area contributed by atoms with Crippen molar-refractivity contribution in [3.05, 3.63) is 23.8 Å². The lowest BCUT2D eigenvalue weighted by atomic mass is 10.2. The molecule has 0 fully saturated rings. The Labute approximate surface area is 121 Å². The van der Waals surface area contributed by atoms with Gasteiger partial charge >= 0.3 is 0 Å². The molecule has 0 amide bonds. The molecule has 1 aromatic rings. The van der Waals surface area contributed by atoms with Crippen molar-refractivity contribution in [1.29, 1.82) is 0 Å². The highest BCUT2D eigenvalue weighted by molar-refractivity contribution is 7.89. The number of nitrogens with one attached hydrogen (secondary N) is 1. The molecule has 0 spiro atoms. The summed E-state index contributed by atoms with van der Waals surface area (Å²) in [6.45, 7) is 6.03. The van der Waals surface area contributed by atoms with Gasteiger partial charge in [0.2, 0.25) is 10.0 Å². The van der Waals surface area contributed by atoms with Crippen molar-refractivity contribution in [3.63, 3.8) is 0 Å². The van der Waals surface area contributed by atoms with Gasteiger partial charge in [-0.1, -0.05) is 13.8 Å². The predicted octanol–water partition coefficient (Wildman–Crippen LogP) is 1.83. The molecule has 20 heavy (non-hydrogen) atoms. The summed E-state index contributed by atoms with van der Waals surface area (Å²) in [5.74, 6) is 0.694. The molecule has 5 nitrogen and oxygen atoms in total. The predicted molar refractivity (Wildman–Crippen MR) is 78.5 cm³/mol. The van der Waals surface area contributed by atoms with Crippen molar-refractivity contribution in [2.75, 3.05) is 13.2 Å². The minimum Gasteiger partial charge on any atom is -0.493 e. The summed E-state index contributed by atoms with van der Waals surface area (Å²) in [6, 6.07) is 4.30. The summed E-state index contributed by atoms with van der Waals surface area (Å²) in [5.41, 5.74) is 0.776. The molecule has 6 heteroatoms. The summed E-state index contributed by atoms with van der Waals surface area (Å²) < 4.78 is 32.4. The summed E-state index contributed by atoms with van der Waals surface area (Å²) in [5, 5.41) is 9.09. The number of ether oxygens (including phenoxy) is 1. The maximum atomic E-state index is 12.2. The smallest absolute Gasteiger partial charge is 0.240 e. The molecule has 0 aliphatic heterocycles. The molecule has 0 aromatic heterocycles. The van der Waals surface area contributed by atoms with E-state index in [1.807, 2.05) is 20.8 Å². The zero-order valence-electron chi connectivity index (χ0n) is 12.2. The minimum absolute atomic E-state index is 0.186. The Kier molecular flexibility index (Phi) is 6.45. The van der Waals surface area contributed by atoms with Crippen LogP contribution in [-0.2, 0) is 10.0 Å². The van der Waals surface area contributed by atoms with Gasteiger partial charge in [-0.2, -0.15) is 0 Å². The van der Waals surface area contributed by atoms with Crippen LogP contribution in [0.15, 0.2) is 23.1 Å². The molecule has 0 saturated carbocycles. The number of aryl methyl sites for hydroxylation is 1. The van der Waals surface area contributed by atoms with E-state index in [1.165, 1.54) is 6.07 Å². The Hall–Kier alpha value is -1.11. The fourth-order valence-electron chi connectivity index (χ4n) is 1.70. The van der Waals surface area contributed by atoms with E-state index in [2.05, 4.69) is 4.72 Å². The molecular formula is C14H23NO4S. The van der Waals surface area contributed by atoms with Crippen molar-refractivity contribution in [1.82, 2.24) is 4.72 Å². The van der Waals surface area contributed by atoms with E-state index in [4.69, 9.17) is 9.84 Å². The van der Waals surface area contributed by atoms with Gasteiger partial charge in [-0.25, -0.2) is 13.1 Å². The number of aliphatic hydroxyl groups is 1. The Morgan fingerprint density at radius 3 is 2.55 bits per heavy atom. The maximum Gasteiger partial charge on any atom is 0.240 e. The van der Waals surface area contributed by atoms with E-state index in [1.54, 1.807) is 12.1 Å². The molecule has 0 heterocycles. The maximum absolute atomic E-state index is 12.2. The van der Waals surface area contributed by atoms with Crippen LogP contribution in [0.2, 0.25) is 0 Å². The second-order valence-corrected chi connectivity index (χ2v) is 6.40. The van der Waals surface area contributed by atoms with Gasteiger partial charge < -0.3 is 9.84 Å². The molecule has 0 bridgehead atoms. The van der Waals surface area contributed by atoms with E-state index in [-0.39, 0.29) is 11.5 Å². The van der Waals surface area contributed by atoms with E-state index in [0.29, 0.717) is 18.8 Å². The van der Waals surface area contributed by atoms with Gasteiger partial charge in [-0.3, -0.25) is 0 Å². The third-order valence-corrected chi connectivity index (χ3v) is 4.47. The van der Waals surface area contributed by atoms with E-state index in [0.717, 1.165) is 12.0 Å². The summed E-state index contributed by atoms with van der Waals surface area (Å²) in [6.07, 6.45) is 1.43. The van der Waals surface area contributed by atoms with Crippen LogP contribution in [0.5, 0.6) is 5.75 Å². The normalized spacial score (nSPS) is 13.2. The lowest BCUT2D eigenvalue weighted by Gasteiger charge is -2.15. The second-order valence-electron chi connectivity index (χ2n) is 4.68. The van der Waals surface area contributed by atoms with Crippen LogP contribution in [0, 0.1) is 6.92 Å². The van der Waals surface area contributed by atoms with Gasteiger partial charge in [0.1, 0.15) is 5.75 Å². The third kappa shape index (κ3) is 4.47. The van der Waals surface area contributed by atoms with Crippen LogP contribution >= 0.6 is 0 Å². The van der Waals surface area contributed by atoms with Crippen molar-refractivity contribution < 1.29 is 18.3 Å². The summed E-state index contributed by atoms with van der Waals surface area (Å²) in [7, 11) is -3.61. The Morgan fingerprint density at radius 2 is 2.05 bits per heavy atom. The number of sulfonamides is 1. The van der Waals surface area contributed by atoms with Crippen LogP contribution in [0.25, 0.3) is 0 Å². The SMILES string of the molecule is CCCOc1ccc(S(=O)(=O)N[C@@H](CC)CO)cc1C. The molecule has 0 aliphatic carbocycles. The number of aliphatic hydroxyl groups excluding tert-OH is 1. The van der Waals surface area contributed by atoms with Gasteiger partial charge in [0.15, 0.2) is 0 Å². The highest BCUT2D eigenvalue weighted by atomic mass is 32.2. The van der Waals surface area contributed by atoms with Crippen LogP contribution in [0.1, 0.15) is 32.3 Å². The first-order valence-electron chi connectivity index (χ1n) is 6.81. The van der Waals surface area contributed by atoms with Gasteiger partial charge in [-0.05, 0) is 43.5 Å². The Morgan fingerprint density at radius 1 is 1.35 bits per heavy atom. The molecule has 1 rings (SSSR count). The number of hydrogen-bond donors (Lipinski definition) is 2. The standard InChI is InChI=1S/C14H23NO4S/c1-4-8-19-14-7-6-13(9-11(14)3)20(17,18)15-12(5-2)10-16/h6-7,9,12,15-16H,4-5,8,10H2,1-3H3/t12-/m0/s1. The fourth-order valence-corrected chi connectivity index (χ4v) is 3.10. The highest BCUT2D eigenvalue weighted by Crippen LogP contribution is 2.22. The molecule has 0 unspecified atom stereocenters. The first kappa shape index (κ1) is 16.9. The number of benzene rings is 1. The van der Waals surface area contributed by atoms with Crippen LogP contribution in [0.3, 0.4) is 0 Å². The van der Waals surface area contributed by atoms with Crippen LogP contribution in [-0.4, -0.2) is 32.8 Å². The van der Waals surface area contributed by atoms with Crippen molar-refractivity contribution in [2.24, 2.45) is 0 Å². The molecule has 2 N–H and O–H groups in total. The number of hydrogen-bond acceptors (Lipinski definition) is 4. The zero-order valence-corrected chi connectivity index (χ0v) is 13.0. The fraction of sp³-hybridized carbons (Fsp3) is 0.571. The minimum atomic E-state index is -3.61. The molecule has 0 saturated heterocycles. The van der Waals surface area contributed by atoms with Gasteiger partial charge in [-0.15, -0.1) is 0 Å². The summed E-state index contributed by atoms with van der Waals surface area (Å²) >= 11 is 0. The quantitative estimate of drug-likeness (QED) is 0.768. The van der Waals surface area contributed by atoms with E-state index in [9.17, 15) is 8.42 Å². The zero-order chi connectivity index (χ0) is 15.2. The highest BCUT2D eigenvalue weighted by Gasteiger charge is 2.19. The summed E-state index contributed by atoms with van der Waals surface area (Å²) in [4.78, 5) is 0.186. The first-order valence-corrected chi connectivity index (χ1v) is 8.29. The first-order chi connectivity index (χ1) is 9.44. The van der Waals surface area contributed by atoms with E-state index < -0.39 is 16.1 Å². The monoisotopic (exact) mass is 301 g/mol. The van der Waals surface area contributed by atoms with Crippen LogP contribution in [0.4, 0.5) is 0 Å². The number of rotatable bonds is 8. The van der Waals surface area contributed by atoms with Gasteiger partial charge in [0.25, 0.3) is 0 Å². The average molecular weight is 301 g/mol. The Balaban J connectivity index is 2.93. The van der Waals surface area contributed by atoms with Crippen LogP contribution < -0.4 is 9.46 Å². The van der Waals surface area contributed by atoms with Crippen molar-refractivity contribution >= 4 is 10.0 Å². The third-order valence-electron chi connectivity index (χ3n) is 2.95. The van der Waals surface area contributed by atoms with Crippen molar-refractivity contribution in [3.8, 4) is 5.75 Å². The molecule has 0 radical (unpaired) electrons. The molecule has 1 atom stereocenters. The molecular weight excluding hydrogens is 278 g/mol. The van der Waals surface area contributed by atoms with Gasteiger partial charge in [0.05, 0.1) is 18.1 Å². The molecule has 1 aromatic carbocycles. The topological polar surface area (TPSA) is 75.6 Å². The molecule has 114 valence electrons. The van der Waals surface area contributed by atoms with Crippen molar-refractivity contribution in [2.45, 2.75) is 44.6 Å². The average Bonchev–Trinajstić information content (AvgIpc) is 2.43. The lowest BCUT2D eigenvalue weighted by molar-refractivity contribution is 0.254. The second kappa shape index (κ2) is 7.61. The lowest BCUT2D eigenvalue weighted by Crippen LogP contribution is -2.36. The largest absolute Gasteiger partial charge is 0.493 e. The molecule has 0 aliphatic rings. The Bertz CT molecular complexity index is 524. The van der Waals surface area contributed by atoms with E-state index >= 15 is 0 Å².